The molecule has 0 heterocycles. The average molecular weight is 190 g/mol. The molecule has 0 aliphatic rings. The fourth-order valence-corrected chi connectivity index (χ4v) is 0.450. The van der Waals surface area contributed by atoms with Crippen LogP contribution in [0.3, 0.4) is 0 Å². The minimum absolute atomic E-state index is 0.0354. The third kappa shape index (κ3) is 24.7. The summed E-state index contributed by atoms with van der Waals surface area (Å²) in [6.07, 6.45) is 3.58. The molecule has 0 unspecified atom stereocenters. The van der Waals surface area contributed by atoms with Crippen LogP contribution < -0.4 is 5.73 Å². The zero-order valence-electron chi connectivity index (χ0n) is 7.70. The lowest BCUT2D eigenvalue weighted by Crippen LogP contribution is -1.97. The number of carbonyl (C=O) groups is 1. The molecule has 0 atom stereocenters. The molecule has 78 valence electrons. The molecule has 0 aromatic heterocycles. The smallest absolute Gasteiger partial charge is 0.303 e. The summed E-state index contributed by atoms with van der Waals surface area (Å²) >= 11 is 0. The molecule has 0 aliphatic carbocycles. The van der Waals surface area contributed by atoms with Gasteiger partial charge in [-0.15, -0.1) is 0 Å². The maximum Gasteiger partial charge on any atom is 0.303 e. The number of carboxylic acid groups (broad SMARTS) is 1. The monoisotopic (exact) mass is 190 g/mol. The van der Waals surface area contributed by atoms with Gasteiger partial charge in [-0.1, -0.05) is 0 Å². The lowest BCUT2D eigenvalue weighted by atomic mass is 10.3. The van der Waals surface area contributed by atoms with Crippen LogP contribution in [-0.4, -0.2) is 35.5 Å². The molecule has 0 saturated carbocycles. The zero-order valence-corrected chi connectivity index (χ0v) is 7.70. The highest BCUT2D eigenvalue weighted by Gasteiger charge is 1.91. The Morgan fingerprint density at radius 2 is 2.08 bits per heavy atom. The zero-order chi connectivity index (χ0) is 10.5. The van der Waals surface area contributed by atoms with Gasteiger partial charge in [0.2, 0.25) is 0 Å². The second-order valence-corrected chi connectivity index (χ2v) is 2.36. The quantitative estimate of drug-likeness (QED) is 0.355. The van der Waals surface area contributed by atoms with E-state index in [1.54, 1.807) is 0 Å². The van der Waals surface area contributed by atoms with Gasteiger partial charge in [-0.3, -0.25) is 4.79 Å². The van der Waals surface area contributed by atoms with E-state index < -0.39 is 5.97 Å². The summed E-state index contributed by atoms with van der Waals surface area (Å²) in [6, 6.07) is 0. The van der Waals surface area contributed by atoms with Crippen molar-refractivity contribution in [1.29, 1.82) is 5.41 Å². The Kier molecular flexibility index (Phi) is 15.3. The lowest BCUT2D eigenvalue weighted by Gasteiger charge is -1.85. The first-order valence-corrected chi connectivity index (χ1v) is 4.20. The Balaban J connectivity index is 0. The van der Waals surface area contributed by atoms with Crippen LogP contribution in [0, 0.1) is 5.41 Å². The number of nitrogens with two attached hydrogens (primary N) is 1. The predicted molar refractivity (Wildman–Crippen MR) is 51.0 cm³/mol. The highest BCUT2D eigenvalue weighted by Crippen LogP contribution is 1.83. The molecule has 0 aliphatic heterocycles. The number of rotatable bonds is 6. The Morgan fingerprint density at radius 3 is 2.23 bits per heavy atom. The first kappa shape index (κ1) is 14.6. The van der Waals surface area contributed by atoms with Gasteiger partial charge in [0.1, 0.15) is 0 Å². The van der Waals surface area contributed by atoms with Crippen molar-refractivity contribution in [1.82, 2.24) is 0 Å². The van der Waals surface area contributed by atoms with Gasteiger partial charge < -0.3 is 21.4 Å². The summed E-state index contributed by atoms with van der Waals surface area (Å²) in [5, 5.41) is 22.5. The van der Waals surface area contributed by atoms with Crippen LogP contribution >= 0.6 is 0 Å². The third-order valence-electron chi connectivity index (χ3n) is 1.10. The summed E-state index contributed by atoms with van der Waals surface area (Å²) in [5.74, 6) is -0.853. The van der Waals surface area contributed by atoms with Crippen LogP contribution in [0.25, 0.3) is 0 Å². The molecule has 0 radical (unpaired) electrons. The molecule has 0 aromatic carbocycles. The fraction of sp³-hybridized carbons (Fsp3) is 0.750. The second-order valence-electron chi connectivity index (χ2n) is 2.36. The maximum atomic E-state index is 9.65. The summed E-state index contributed by atoms with van der Waals surface area (Å²) in [7, 11) is 0. The van der Waals surface area contributed by atoms with Crippen molar-refractivity contribution in [2.45, 2.75) is 25.7 Å². The first-order valence-electron chi connectivity index (χ1n) is 4.20. The van der Waals surface area contributed by atoms with Gasteiger partial charge >= 0.3 is 5.97 Å². The summed E-state index contributed by atoms with van der Waals surface area (Å²) in [5.41, 5.74) is 5.11. The van der Waals surface area contributed by atoms with Gasteiger partial charge in [-0.2, -0.15) is 0 Å². The fourth-order valence-electron chi connectivity index (χ4n) is 0.450. The van der Waals surface area contributed by atoms with Gasteiger partial charge in [0.05, 0.1) is 0 Å². The molecule has 0 bridgehead atoms. The second kappa shape index (κ2) is 13.6. The van der Waals surface area contributed by atoms with Gasteiger partial charge in [0, 0.05) is 13.0 Å². The van der Waals surface area contributed by atoms with Crippen molar-refractivity contribution in [3.63, 3.8) is 0 Å². The van der Waals surface area contributed by atoms with E-state index in [1.165, 1.54) is 6.21 Å². The SMILES string of the molecule is N=CCCCN.O=C(O)CCCO. The highest BCUT2D eigenvalue weighted by atomic mass is 16.4. The number of hydrogen-bond donors (Lipinski definition) is 4. The van der Waals surface area contributed by atoms with Crippen LogP contribution in [0.5, 0.6) is 0 Å². The average Bonchev–Trinajstić information content (AvgIpc) is 2.12. The van der Waals surface area contributed by atoms with E-state index in [4.69, 9.17) is 21.4 Å². The number of hydrogen-bond acceptors (Lipinski definition) is 4. The molecule has 5 nitrogen and oxygen atoms in total. The summed E-state index contributed by atoms with van der Waals surface area (Å²) in [4.78, 5) is 9.65. The van der Waals surface area contributed by atoms with E-state index >= 15 is 0 Å². The topological polar surface area (TPSA) is 107 Å². The molecule has 0 aromatic rings. The standard InChI is InChI=1S/C4H10N2.C4H8O3/c5-3-1-2-4-6;5-3-1-2-4(6)7/h3,5H,1-2,4,6H2;5H,1-3H2,(H,6,7). The number of aliphatic hydroxyl groups excluding tert-OH is 1. The van der Waals surface area contributed by atoms with Crippen LogP contribution in [-0.2, 0) is 4.79 Å². The van der Waals surface area contributed by atoms with E-state index in [1.807, 2.05) is 0 Å². The number of aliphatic carboxylic acids is 1. The summed E-state index contributed by atoms with van der Waals surface area (Å²) in [6.45, 7) is 0.668. The third-order valence-corrected chi connectivity index (χ3v) is 1.10. The molecule has 0 spiro atoms. The van der Waals surface area contributed by atoms with Gasteiger partial charge in [-0.05, 0) is 32.0 Å². The molecule has 0 fully saturated rings. The Bertz CT molecular complexity index is 129. The van der Waals surface area contributed by atoms with Crippen molar-refractivity contribution in [3.8, 4) is 0 Å². The normalized spacial score (nSPS) is 8.46. The van der Waals surface area contributed by atoms with Crippen LogP contribution in [0.15, 0.2) is 0 Å². The molecule has 5 N–H and O–H groups in total. The molecule has 0 saturated heterocycles. The minimum atomic E-state index is -0.853. The van der Waals surface area contributed by atoms with E-state index in [9.17, 15) is 4.79 Å². The summed E-state index contributed by atoms with van der Waals surface area (Å²) < 4.78 is 0. The van der Waals surface area contributed by atoms with E-state index in [0.29, 0.717) is 13.0 Å². The van der Waals surface area contributed by atoms with E-state index in [0.717, 1.165) is 12.8 Å². The van der Waals surface area contributed by atoms with Crippen molar-refractivity contribution in [2.75, 3.05) is 13.2 Å². The van der Waals surface area contributed by atoms with Crippen LogP contribution in [0.1, 0.15) is 25.7 Å². The molecule has 0 rings (SSSR count). The lowest BCUT2D eigenvalue weighted by molar-refractivity contribution is -0.137. The van der Waals surface area contributed by atoms with Gasteiger partial charge in [0.15, 0.2) is 0 Å². The first-order chi connectivity index (χ1) is 6.18. The van der Waals surface area contributed by atoms with Crippen molar-refractivity contribution >= 4 is 12.2 Å². The molecule has 5 heteroatoms. The largest absolute Gasteiger partial charge is 0.481 e. The molecule has 13 heavy (non-hydrogen) atoms. The Labute approximate surface area is 78.1 Å². The van der Waals surface area contributed by atoms with Crippen molar-refractivity contribution in [2.24, 2.45) is 5.73 Å². The van der Waals surface area contributed by atoms with Crippen LogP contribution in [0.4, 0.5) is 0 Å². The van der Waals surface area contributed by atoms with Gasteiger partial charge in [0.25, 0.3) is 0 Å². The molecular weight excluding hydrogens is 172 g/mol. The number of unbranched alkanes of at least 4 members (excludes halogenated alkanes) is 1. The highest BCUT2D eigenvalue weighted by molar-refractivity contribution is 5.66. The number of carboxylic acids is 1. The Hall–Kier alpha value is -0.940. The minimum Gasteiger partial charge on any atom is -0.481 e. The Morgan fingerprint density at radius 1 is 1.46 bits per heavy atom. The number of aliphatic hydroxyl groups is 1. The van der Waals surface area contributed by atoms with E-state index in [2.05, 4.69) is 0 Å². The van der Waals surface area contributed by atoms with Gasteiger partial charge in [-0.25, -0.2) is 0 Å². The van der Waals surface area contributed by atoms with Crippen molar-refractivity contribution in [3.05, 3.63) is 0 Å². The molecule has 0 amide bonds. The maximum absolute atomic E-state index is 9.65. The van der Waals surface area contributed by atoms with Crippen molar-refractivity contribution < 1.29 is 15.0 Å². The predicted octanol–water partition coefficient (Wildman–Crippen LogP) is 0.218. The van der Waals surface area contributed by atoms with E-state index in [-0.39, 0.29) is 13.0 Å². The van der Waals surface area contributed by atoms with Crippen LogP contribution in [0.2, 0.25) is 0 Å². The molecular formula is C8H18N2O3. The number of nitrogens with one attached hydrogen (secondary N) is 1.